The first-order valence-electron chi connectivity index (χ1n) is 10.6. The number of anilines is 1. The molecule has 0 unspecified atom stereocenters. The van der Waals surface area contributed by atoms with Crippen LogP contribution in [0.25, 0.3) is 0 Å². The highest BCUT2D eigenvalue weighted by molar-refractivity contribution is 7.89. The van der Waals surface area contributed by atoms with Gasteiger partial charge in [-0.2, -0.15) is 4.31 Å². The minimum absolute atomic E-state index is 0.0816. The molecule has 0 aromatic heterocycles. The molecule has 3 rings (SSSR count). The van der Waals surface area contributed by atoms with E-state index in [9.17, 15) is 13.2 Å². The van der Waals surface area contributed by atoms with Gasteiger partial charge in [0, 0.05) is 36.9 Å². The van der Waals surface area contributed by atoms with Gasteiger partial charge in [0.1, 0.15) is 0 Å². The first kappa shape index (κ1) is 23.7. The molecule has 168 valence electrons. The zero-order valence-corrected chi connectivity index (χ0v) is 19.8. The van der Waals surface area contributed by atoms with Gasteiger partial charge in [0.25, 0.3) is 0 Å². The van der Waals surface area contributed by atoms with Crippen LogP contribution < -0.4 is 5.32 Å². The minimum Gasteiger partial charge on any atom is -0.324 e. The lowest BCUT2D eigenvalue weighted by molar-refractivity contribution is -0.121. The van der Waals surface area contributed by atoms with Crippen molar-refractivity contribution in [2.75, 3.05) is 31.5 Å². The maximum Gasteiger partial charge on any atom is 0.243 e. The molecule has 2 aromatic rings. The molecule has 6 nitrogen and oxygen atoms in total. The summed E-state index contributed by atoms with van der Waals surface area (Å²) < 4.78 is 27.2. The van der Waals surface area contributed by atoms with Crippen LogP contribution in [-0.2, 0) is 14.8 Å². The van der Waals surface area contributed by atoms with Crippen LogP contribution in [0.15, 0.2) is 53.4 Å². The van der Waals surface area contributed by atoms with Crippen molar-refractivity contribution >= 4 is 33.2 Å². The summed E-state index contributed by atoms with van der Waals surface area (Å²) in [6, 6.07) is 13.8. The first-order valence-corrected chi connectivity index (χ1v) is 12.5. The zero-order chi connectivity index (χ0) is 22.6. The molecule has 0 saturated carbocycles. The highest BCUT2D eigenvalue weighted by Gasteiger charge is 2.32. The maximum atomic E-state index is 12.9. The molecule has 1 aliphatic heterocycles. The SMILES string of the molecule is CC[C@H](C)c1ccccc1NC(=O)[C@H](C)N1CCN(S(=O)(=O)c2cccc(Cl)c2)CC1. The Bertz CT molecular complexity index is 1020. The van der Waals surface area contributed by atoms with Crippen LogP contribution in [0, 0.1) is 0 Å². The van der Waals surface area contributed by atoms with Gasteiger partial charge in [-0.1, -0.05) is 49.7 Å². The maximum absolute atomic E-state index is 12.9. The van der Waals surface area contributed by atoms with Gasteiger partial charge < -0.3 is 5.32 Å². The lowest BCUT2D eigenvalue weighted by atomic mass is 9.97. The van der Waals surface area contributed by atoms with Gasteiger partial charge in [-0.05, 0) is 49.1 Å². The van der Waals surface area contributed by atoms with Crippen molar-refractivity contribution in [3.63, 3.8) is 0 Å². The van der Waals surface area contributed by atoms with Crippen LogP contribution in [0.4, 0.5) is 5.69 Å². The van der Waals surface area contributed by atoms with Crippen molar-refractivity contribution in [1.29, 1.82) is 0 Å². The molecule has 1 saturated heterocycles. The standard InChI is InChI=1S/C23H30ClN3O3S/c1-4-17(2)21-10-5-6-11-22(21)25-23(28)18(3)26-12-14-27(15-13-26)31(29,30)20-9-7-8-19(24)16-20/h5-11,16-18H,4,12-15H2,1-3H3,(H,25,28)/t17-,18-/m0/s1. The first-order chi connectivity index (χ1) is 14.7. The molecule has 1 aliphatic rings. The molecule has 8 heteroatoms. The van der Waals surface area contributed by atoms with Crippen molar-refractivity contribution in [2.24, 2.45) is 0 Å². The molecule has 2 atom stereocenters. The van der Waals surface area contributed by atoms with Crippen molar-refractivity contribution < 1.29 is 13.2 Å². The summed E-state index contributed by atoms with van der Waals surface area (Å²) in [5.74, 6) is 0.272. The van der Waals surface area contributed by atoms with Gasteiger partial charge in [-0.25, -0.2) is 8.42 Å². The van der Waals surface area contributed by atoms with Crippen LogP contribution >= 0.6 is 11.6 Å². The van der Waals surface area contributed by atoms with E-state index in [0.29, 0.717) is 37.1 Å². The van der Waals surface area contributed by atoms with Gasteiger partial charge >= 0.3 is 0 Å². The smallest absolute Gasteiger partial charge is 0.243 e. The second-order valence-electron chi connectivity index (χ2n) is 7.96. The van der Waals surface area contributed by atoms with Crippen molar-refractivity contribution in [1.82, 2.24) is 9.21 Å². The monoisotopic (exact) mass is 463 g/mol. The third-order valence-electron chi connectivity index (χ3n) is 6.00. The summed E-state index contributed by atoms with van der Waals surface area (Å²) in [5.41, 5.74) is 1.97. The number of carbonyl (C=O) groups excluding carboxylic acids is 1. The predicted molar refractivity (Wildman–Crippen MR) is 125 cm³/mol. The molecule has 1 amide bonds. The molecule has 1 N–H and O–H groups in total. The summed E-state index contributed by atoms with van der Waals surface area (Å²) in [6.45, 7) is 7.77. The normalized spacial score (nSPS) is 17.8. The molecule has 1 heterocycles. The minimum atomic E-state index is -3.60. The second kappa shape index (κ2) is 10.1. The van der Waals surface area contributed by atoms with Crippen molar-refractivity contribution in [3.05, 3.63) is 59.1 Å². The van der Waals surface area contributed by atoms with E-state index in [-0.39, 0.29) is 16.8 Å². The quantitative estimate of drug-likeness (QED) is 0.668. The average Bonchev–Trinajstić information content (AvgIpc) is 2.78. The van der Waals surface area contributed by atoms with Gasteiger partial charge in [0.05, 0.1) is 10.9 Å². The van der Waals surface area contributed by atoms with Crippen molar-refractivity contribution in [2.45, 2.75) is 44.0 Å². The Morgan fingerprint density at radius 1 is 1.06 bits per heavy atom. The number of hydrogen-bond acceptors (Lipinski definition) is 4. The lowest BCUT2D eigenvalue weighted by Gasteiger charge is -2.36. The number of hydrogen-bond donors (Lipinski definition) is 1. The fourth-order valence-corrected chi connectivity index (χ4v) is 5.49. The fourth-order valence-electron chi connectivity index (χ4n) is 3.77. The van der Waals surface area contributed by atoms with Crippen molar-refractivity contribution in [3.8, 4) is 0 Å². The van der Waals surface area contributed by atoms with Gasteiger partial charge in [-0.3, -0.25) is 9.69 Å². The Labute approximate surface area is 190 Å². The number of benzene rings is 2. The van der Waals surface area contributed by atoms with Crippen LogP contribution in [0.5, 0.6) is 0 Å². The van der Waals surface area contributed by atoms with Crippen LogP contribution in [0.3, 0.4) is 0 Å². The Morgan fingerprint density at radius 3 is 2.39 bits per heavy atom. The molecule has 0 spiro atoms. The number of nitrogens with zero attached hydrogens (tertiary/aromatic N) is 2. The molecule has 0 aliphatic carbocycles. The number of carbonyl (C=O) groups is 1. The molecule has 0 bridgehead atoms. The number of amides is 1. The van der Waals surface area contributed by atoms with E-state index in [0.717, 1.165) is 17.7 Å². The van der Waals surface area contributed by atoms with E-state index in [1.54, 1.807) is 18.2 Å². The summed E-state index contributed by atoms with van der Waals surface area (Å²) in [7, 11) is -3.60. The summed E-state index contributed by atoms with van der Waals surface area (Å²) in [4.78, 5) is 15.1. The van der Waals surface area contributed by atoms with Gasteiger partial charge in [0.15, 0.2) is 0 Å². The predicted octanol–water partition coefficient (Wildman–Crippen LogP) is 4.19. The number of piperazine rings is 1. The Hall–Kier alpha value is -1.93. The molecule has 2 aromatic carbocycles. The van der Waals surface area contributed by atoms with E-state index in [1.165, 1.54) is 10.4 Å². The fraction of sp³-hybridized carbons (Fsp3) is 0.435. The number of halogens is 1. The third kappa shape index (κ3) is 5.47. The number of sulfonamides is 1. The zero-order valence-electron chi connectivity index (χ0n) is 18.2. The molecular weight excluding hydrogens is 434 g/mol. The highest BCUT2D eigenvalue weighted by Crippen LogP contribution is 2.27. The molecule has 0 radical (unpaired) electrons. The summed E-state index contributed by atoms with van der Waals surface area (Å²) in [6.07, 6.45) is 0.992. The largest absolute Gasteiger partial charge is 0.324 e. The Morgan fingerprint density at radius 2 is 1.74 bits per heavy atom. The Balaban J connectivity index is 1.63. The van der Waals surface area contributed by atoms with E-state index >= 15 is 0 Å². The summed E-state index contributed by atoms with van der Waals surface area (Å²) in [5, 5.41) is 3.46. The Kier molecular flexibility index (Phi) is 7.75. The van der Waals surface area contributed by atoms with Crippen LogP contribution in [0.2, 0.25) is 5.02 Å². The number of rotatable bonds is 7. The molecule has 1 fully saturated rings. The van der Waals surface area contributed by atoms with E-state index in [2.05, 4.69) is 19.2 Å². The second-order valence-corrected chi connectivity index (χ2v) is 10.3. The highest BCUT2D eigenvalue weighted by atomic mass is 35.5. The number of nitrogens with one attached hydrogen (secondary N) is 1. The van der Waals surface area contributed by atoms with Crippen LogP contribution in [0.1, 0.15) is 38.7 Å². The average molecular weight is 464 g/mol. The van der Waals surface area contributed by atoms with E-state index < -0.39 is 10.0 Å². The van der Waals surface area contributed by atoms with Gasteiger partial charge in [-0.15, -0.1) is 0 Å². The van der Waals surface area contributed by atoms with Gasteiger partial charge in [0.2, 0.25) is 15.9 Å². The topological polar surface area (TPSA) is 69.7 Å². The third-order valence-corrected chi connectivity index (χ3v) is 8.13. The molecular formula is C23H30ClN3O3S. The van der Waals surface area contributed by atoms with Crippen LogP contribution in [-0.4, -0.2) is 55.8 Å². The van der Waals surface area contributed by atoms with E-state index in [1.807, 2.05) is 36.1 Å². The lowest BCUT2D eigenvalue weighted by Crippen LogP contribution is -2.53. The molecule has 31 heavy (non-hydrogen) atoms. The number of para-hydroxylation sites is 1. The summed E-state index contributed by atoms with van der Waals surface area (Å²) >= 11 is 5.96. The van der Waals surface area contributed by atoms with E-state index in [4.69, 9.17) is 11.6 Å².